The maximum absolute atomic E-state index is 12.2. The van der Waals surface area contributed by atoms with Crippen LogP contribution in [-0.2, 0) is 11.0 Å². The van der Waals surface area contributed by atoms with E-state index in [1.165, 1.54) is 0 Å². The summed E-state index contributed by atoms with van der Waals surface area (Å²) < 4.78 is 11.0. The van der Waals surface area contributed by atoms with Gasteiger partial charge in [0.05, 0.1) is 15.7 Å². The third-order valence-electron chi connectivity index (χ3n) is 3.71. The molecule has 0 bridgehead atoms. The lowest BCUT2D eigenvalue weighted by Crippen LogP contribution is -2.34. The van der Waals surface area contributed by atoms with E-state index in [2.05, 4.69) is 4.98 Å². The van der Waals surface area contributed by atoms with Crippen molar-refractivity contribution in [3.63, 3.8) is 0 Å². The van der Waals surface area contributed by atoms with Gasteiger partial charge in [-0.15, -0.1) is 0 Å². The number of pyridine rings is 1. The van der Waals surface area contributed by atoms with Gasteiger partial charge in [-0.2, -0.15) is 0 Å². The van der Waals surface area contributed by atoms with E-state index in [-0.39, 0.29) is 11.5 Å². The molecule has 0 fully saturated rings. The van der Waals surface area contributed by atoms with Gasteiger partial charge in [0.2, 0.25) is 0 Å². The summed E-state index contributed by atoms with van der Waals surface area (Å²) in [5.41, 5.74) is 1.28. The fourth-order valence-electron chi connectivity index (χ4n) is 2.49. The van der Waals surface area contributed by atoms with Crippen molar-refractivity contribution in [2.45, 2.75) is 37.9 Å². The molecule has 1 aromatic heterocycles. The van der Waals surface area contributed by atoms with E-state index in [9.17, 15) is 9.00 Å². The van der Waals surface area contributed by atoms with Gasteiger partial charge in [-0.1, -0.05) is 18.5 Å². The van der Waals surface area contributed by atoms with Crippen molar-refractivity contribution in [1.29, 1.82) is 0 Å². The van der Waals surface area contributed by atoms with Crippen LogP contribution in [0.2, 0.25) is 5.02 Å². The number of H-pyrrole nitrogens is 1. The molecule has 4 nitrogen and oxygen atoms in total. The van der Waals surface area contributed by atoms with Gasteiger partial charge < -0.3 is 4.98 Å². The van der Waals surface area contributed by atoms with Gasteiger partial charge in [0, 0.05) is 16.1 Å². The molecule has 1 heterocycles. The molecule has 0 aliphatic heterocycles. The summed E-state index contributed by atoms with van der Waals surface area (Å²) in [5, 5.41) is 7.02. The van der Waals surface area contributed by atoms with Crippen molar-refractivity contribution in [1.82, 2.24) is 4.98 Å². The lowest BCUT2D eigenvalue weighted by atomic mass is 9.91. The smallest absolute Gasteiger partial charge is 0.251 e. The predicted octanol–water partition coefficient (Wildman–Crippen LogP) is 3.08. The molecule has 0 spiro atoms. The summed E-state index contributed by atoms with van der Waals surface area (Å²) >= 11 is 5.99. The Bertz CT molecular complexity index is 755. The molecule has 0 saturated carbocycles. The monoisotopic (exact) mass is 326 g/mol. The zero-order valence-electron chi connectivity index (χ0n) is 12.3. The molecule has 2 rings (SSSR count). The highest BCUT2D eigenvalue weighted by Crippen LogP contribution is 2.28. The molecule has 6 heteroatoms. The maximum Gasteiger partial charge on any atom is 0.251 e. The number of rotatable bonds is 4. The number of aromatic nitrogens is 1. The van der Waals surface area contributed by atoms with E-state index in [4.69, 9.17) is 16.7 Å². The van der Waals surface area contributed by atoms with Crippen LogP contribution in [0.5, 0.6) is 0 Å². The van der Waals surface area contributed by atoms with Gasteiger partial charge in [0.15, 0.2) is 0 Å². The summed E-state index contributed by atoms with van der Waals surface area (Å²) in [6, 6.07) is 7.19. The van der Waals surface area contributed by atoms with Gasteiger partial charge in [0.1, 0.15) is 0 Å². The third-order valence-corrected chi connectivity index (χ3v) is 5.20. The molecule has 2 aromatic rings. The second kappa shape index (κ2) is 5.91. The van der Waals surface area contributed by atoms with Crippen molar-refractivity contribution in [3.8, 4) is 0 Å². The first-order chi connectivity index (χ1) is 9.70. The second-order valence-corrected chi connectivity index (χ2v) is 8.08. The topological polar surface area (TPSA) is 76.0 Å². The first-order valence-corrected chi connectivity index (χ1v) is 8.28. The van der Waals surface area contributed by atoms with E-state index >= 15 is 0 Å². The molecule has 21 heavy (non-hydrogen) atoms. The van der Waals surface area contributed by atoms with Crippen LogP contribution in [0.15, 0.2) is 29.1 Å². The van der Waals surface area contributed by atoms with Crippen molar-refractivity contribution >= 4 is 33.5 Å². The fourth-order valence-corrected chi connectivity index (χ4v) is 3.08. The molecule has 0 aliphatic carbocycles. The number of aromatic amines is 1. The lowest BCUT2D eigenvalue weighted by Gasteiger charge is -2.25. The molecular weight excluding hydrogens is 308 g/mol. The fraction of sp³-hybridized carbons (Fsp3) is 0.400. The molecule has 0 saturated heterocycles. The summed E-state index contributed by atoms with van der Waals surface area (Å²) in [4.78, 5) is 15.1. The zero-order valence-corrected chi connectivity index (χ0v) is 13.8. The number of nitrogens with one attached hydrogen (secondary N) is 1. The Balaban J connectivity index is 2.43. The Morgan fingerprint density at radius 2 is 2.05 bits per heavy atom. The van der Waals surface area contributed by atoms with Gasteiger partial charge in [-0.05, 0) is 55.8 Å². The van der Waals surface area contributed by atoms with Gasteiger partial charge in [0.25, 0.3) is 5.56 Å². The number of halogens is 1. The van der Waals surface area contributed by atoms with Crippen molar-refractivity contribution < 1.29 is 4.21 Å². The Hall–Kier alpha value is -1.17. The SMILES string of the molecule is C[C@H](CC(C)(C)S(N)=O)c1cc2cc(Cl)ccc2[nH]c1=O. The lowest BCUT2D eigenvalue weighted by molar-refractivity contribution is 0.538. The highest BCUT2D eigenvalue weighted by Gasteiger charge is 2.27. The van der Waals surface area contributed by atoms with E-state index in [1.807, 2.05) is 32.9 Å². The Labute approximate surface area is 131 Å². The largest absolute Gasteiger partial charge is 0.322 e. The van der Waals surface area contributed by atoms with Crippen LogP contribution in [0, 0.1) is 0 Å². The van der Waals surface area contributed by atoms with Crippen molar-refractivity contribution in [2.75, 3.05) is 0 Å². The van der Waals surface area contributed by atoms with Crippen LogP contribution in [-0.4, -0.2) is 13.9 Å². The summed E-state index contributed by atoms with van der Waals surface area (Å²) in [6.45, 7) is 5.62. The summed E-state index contributed by atoms with van der Waals surface area (Å²) in [5.74, 6) is -0.0559. The normalized spacial score (nSPS) is 15.1. The Morgan fingerprint density at radius 1 is 1.38 bits per heavy atom. The molecule has 0 radical (unpaired) electrons. The number of benzene rings is 1. The van der Waals surface area contributed by atoms with E-state index in [0.29, 0.717) is 17.0 Å². The third kappa shape index (κ3) is 3.54. The quantitative estimate of drug-likeness (QED) is 0.905. The Morgan fingerprint density at radius 3 is 2.67 bits per heavy atom. The first-order valence-electron chi connectivity index (χ1n) is 6.69. The molecule has 114 valence electrons. The number of fused-ring (bicyclic) bond motifs is 1. The first kappa shape index (κ1) is 16.2. The van der Waals surface area contributed by atoms with Crippen LogP contribution < -0.4 is 10.7 Å². The van der Waals surface area contributed by atoms with Gasteiger partial charge >= 0.3 is 0 Å². The van der Waals surface area contributed by atoms with Crippen LogP contribution in [0.3, 0.4) is 0 Å². The van der Waals surface area contributed by atoms with Crippen LogP contribution in [0.1, 0.15) is 38.7 Å². The van der Waals surface area contributed by atoms with E-state index < -0.39 is 15.7 Å². The average Bonchev–Trinajstić information content (AvgIpc) is 2.37. The Kier molecular flexibility index (Phi) is 4.56. The molecule has 0 amide bonds. The minimum absolute atomic E-state index is 0.0559. The van der Waals surface area contributed by atoms with Crippen molar-refractivity contribution in [3.05, 3.63) is 45.2 Å². The number of hydrogen-bond donors (Lipinski definition) is 2. The zero-order chi connectivity index (χ0) is 15.8. The molecule has 1 aromatic carbocycles. The van der Waals surface area contributed by atoms with Gasteiger partial charge in [-0.3, -0.25) is 9.93 Å². The van der Waals surface area contributed by atoms with E-state index in [0.717, 1.165) is 10.9 Å². The second-order valence-electron chi connectivity index (χ2n) is 5.95. The molecule has 3 N–H and O–H groups in total. The van der Waals surface area contributed by atoms with E-state index in [1.54, 1.807) is 12.1 Å². The van der Waals surface area contributed by atoms with Crippen molar-refractivity contribution in [2.24, 2.45) is 5.14 Å². The highest BCUT2D eigenvalue weighted by atomic mass is 35.5. The van der Waals surface area contributed by atoms with Crippen LogP contribution >= 0.6 is 11.6 Å². The van der Waals surface area contributed by atoms with Crippen LogP contribution in [0.4, 0.5) is 0 Å². The van der Waals surface area contributed by atoms with Crippen LogP contribution in [0.25, 0.3) is 10.9 Å². The maximum atomic E-state index is 12.2. The summed E-state index contributed by atoms with van der Waals surface area (Å²) in [6.07, 6.45) is 0.561. The minimum Gasteiger partial charge on any atom is -0.322 e. The molecular formula is C15H19ClN2O2S. The molecule has 1 unspecified atom stereocenters. The van der Waals surface area contributed by atoms with Gasteiger partial charge in [-0.25, -0.2) is 4.21 Å². The number of hydrogen-bond acceptors (Lipinski definition) is 2. The highest BCUT2D eigenvalue weighted by molar-refractivity contribution is 7.84. The number of nitrogens with two attached hydrogens (primary N) is 1. The minimum atomic E-state index is -1.44. The molecule has 2 atom stereocenters. The summed E-state index contributed by atoms with van der Waals surface area (Å²) in [7, 11) is -1.44. The average molecular weight is 327 g/mol. The predicted molar refractivity (Wildman–Crippen MR) is 89.0 cm³/mol. The molecule has 0 aliphatic rings. The standard InChI is InChI=1S/C15H19ClN2O2S/c1-9(8-15(2,3)21(17)20)12-7-10-6-11(16)4-5-13(10)18-14(12)19/h4-7,9H,8,17H2,1-3H3,(H,18,19)/t9-,21?/m1/s1.